The zero-order valence-corrected chi connectivity index (χ0v) is 20.7. The summed E-state index contributed by atoms with van der Waals surface area (Å²) in [5, 5.41) is 9.08. The van der Waals surface area contributed by atoms with E-state index >= 15 is 0 Å². The van der Waals surface area contributed by atoms with Crippen molar-refractivity contribution in [3.8, 4) is 22.5 Å². The van der Waals surface area contributed by atoms with E-state index in [0.29, 0.717) is 33.4 Å². The van der Waals surface area contributed by atoms with Gasteiger partial charge in [-0.15, -0.1) is 0 Å². The Hall–Kier alpha value is -4.76. The van der Waals surface area contributed by atoms with Gasteiger partial charge in [-0.2, -0.15) is 5.10 Å². The van der Waals surface area contributed by atoms with E-state index in [0.717, 1.165) is 17.8 Å². The van der Waals surface area contributed by atoms with Gasteiger partial charge >= 0.3 is 0 Å². The minimum Gasteiger partial charge on any atom is -0.380 e. The Labute approximate surface area is 212 Å². The van der Waals surface area contributed by atoms with Gasteiger partial charge in [-0.1, -0.05) is 41.6 Å². The second-order valence-corrected chi connectivity index (χ2v) is 9.30. The highest BCUT2D eigenvalue weighted by Gasteiger charge is 2.18. The van der Waals surface area contributed by atoms with Gasteiger partial charge in [-0.3, -0.25) is 9.36 Å². The van der Waals surface area contributed by atoms with Crippen molar-refractivity contribution >= 4 is 27.8 Å². The Kier molecular flexibility index (Phi) is 5.35. The van der Waals surface area contributed by atoms with Gasteiger partial charge in [0.15, 0.2) is 16.9 Å². The number of anilines is 1. The number of fused-ring (bicyclic) bond motifs is 2. The summed E-state index contributed by atoms with van der Waals surface area (Å²) in [4.78, 5) is 20.5. The van der Waals surface area contributed by atoms with Crippen molar-refractivity contribution in [2.45, 2.75) is 13.5 Å². The van der Waals surface area contributed by atoms with Gasteiger partial charge in [0.2, 0.25) is 0 Å². The van der Waals surface area contributed by atoms with Crippen LogP contribution in [0, 0.1) is 6.92 Å². The fourth-order valence-corrected chi connectivity index (χ4v) is 4.68. The molecule has 0 amide bonds. The van der Waals surface area contributed by atoms with Crippen LogP contribution < -0.4 is 11.3 Å². The first kappa shape index (κ1) is 22.7. The normalized spacial score (nSPS) is 11.7. The van der Waals surface area contributed by atoms with E-state index in [4.69, 9.17) is 10.3 Å². The summed E-state index contributed by atoms with van der Waals surface area (Å²) < 4.78 is 8.36. The largest absolute Gasteiger partial charge is 0.380 e. The highest BCUT2D eigenvalue weighted by atomic mass is 16.5. The summed E-state index contributed by atoms with van der Waals surface area (Å²) in [5.74, 6) is 0.285. The second-order valence-electron chi connectivity index (χ2n) is 9.30. The molecule has 184 valence electrons. The fourth-order valence-electron chi connectivity index (χ4n) is 4.68. The van der Waals surface area contributed by atoms with Crippen LogP contribution in [0.3, 0.4) is 0 Å². The summed E-state index contributed by atoms with van der Waals surface area (Å²) >= 11 is 0. The minimum atomic E-state index is -0.218. The quantitative estimate of drug-likeness (QED) is 0.382. The van der Waals surface area contributed by atoms with Crippen molar-refractivity contribution in [1.82, 2.24) is 29.4 Å². The van der Waals surface area contributed by atoms with E-state index in [1.165, 1.54) is 11.1 Å². The average molecular weight is 492 g/mol. The molecule has 0 atom stereocenters. The van der Waals surface area contributed by atoms with Crippen LogP contribution in [-0.2, 0) is 6.54 Å². The monoisotopic (exact) mass is 491 g/mol. The SMILES string of the molecule is Cc1nn(-c2ccc3onc(N)c3c2)c2c(=O)n(-c3ccc(-c4ccccc4CN(C)C)cc3)cnc12. The Morgan fingerprint density at radius 2 is 1.76 bits per heavy atom. The fraction of sp³-hybridized carbons (Fsp3) is 0.143. The van der Waals surface area contributed by atoms with Gasteiger partial charge < -0.3 is 15.2 Å². The van der Waals surface area contributed by atoms with Crippen LogP contribution in [0.25, 0.3) is 44.5 Å². The summed E-state index contributed by atoms with van der Waals surface area (Å²) in [6, 6.07) is 21.7. The minimum absolute atomic E-state index is 0.218. The van der Waals surface area contributed by atoms with Gasteiger partial charge in [0, 0.05) is 6.54 Å². The van der Waals surface area contributed by atoms with Crippen molar-refractivity contribution in [2.75, 3.05) is 19.8 Å². The van der Waals surface area contributed by atoms with Gasteiger partial charge in [-0.05, 0) is 68.0 Å². The Balaban J connectivity index is 1.44. The molecule has 3 aromatic heterocycles. The number of hydrogen-bond acceptors (Lipinski definition) is 7. The second kappa shape index (κ2) is 8.72. The molecule has 3 aromatic carbocycles. The lowest BCUT2D eigenvalue weighted by Gasteiger charge is -2.15. The number of hydrogen-bond donors (Lipinski definition) is 1. The predicted octanol–water partition coefficient (Wildman–Crippen LogP) is 4.33. The Bertz CT molecular complexity index is 1830. The lowest BCUT2D eigenvalue weighted by Crippen LogP contribution is -2.21. The van der Waals surface area contributed by atoms with E-state index in [2.05, 4.69) is 52.4 Å². The molecule has 0 fully saturated rings. The van der Waals surface area contributed by atoms with Crippen LogP contribution >= 0.6 is 0 Å². The lowest BCUT2D eigenvalue weighted by atomic mass is 9.99. The molecule has 3 heterocycles. The Morgan fingerprint density at radius 1 is 1.00 bits per heavy atom. The van der Waals surface area contributed by atoms with E-state index in [1.807, 2.05) is 49.4 Å². The number of rotatable bonds is 5. The molecule has 6 aromatic rings. The summed E-state index contributed by atoms with van der Waals surface area (Å²) in [6.07, 6.45) is 1.56. The molecule has 0 radical (unpaired) electrons. The molecule has 0 aliphatic heterocycles. The third-order valence-corrected chi connectivity index (χ3v) is 6.44. The molecule has 0 aliphatic carbocycles. The molecule has 0 bridgehead atoms. The maximum absolute atomic E-state index is 13.7. The van der Waals surface area contributed by atoms with Gasteiger partial charge in [0.1, 0.15) is 11.8 Å². The van der Waals surface area contributed by atoms with E-state index in [1.54, 1.807) is 21.6 Å². The standard InChI is InChI=1S/C28H25N7O2/c1-17-25-26(35(31-17)21-12-13-24-23(14-21)27(29)32-37-24)28(36)34(16-30-25)20-10-8-18(9-11-20)22-7-5-4-6-19(22)15-33(2)3/h4-14,16H,15H2,1-3H3,(H2,29,32). The van der Waals surface area contributed by atoms with Crippen molar-refractivity contribution in [2.24, 2.45) is 0 Å². The molecule has 0 saturated heterocycles. The summed E-state index contributed by atoms with van der Waals surface area (Å²) in [5.41, 5.74) is 12.8. The highest BCUT2D eigenvalue weighted by Crippen LogP contribution is 2.27. The van der Waals surface area contributed by atoms with Gasteiger partial charge in [-0.25, -0.2) is 9.67 Å². The Morgan fingerprint density at radius 3 is 2.54 bits per heavy atom. The van der Waals surface area contributed by atoms with Crippen molar-refractivity contribution in [3.05, 3.63) is 94.7 Å². The van der Waals surface area contributed by atoms with Crippen LogP contribution in [0.4, 0.5) is 5.82 Å². The van der Waals surface area contributed by atoms with Crippen molar-refractivity contribution in [1.29, 1.82) is 0 Å². The third kappa shape index (κ3) is 3.85. The van der Waals surface area contributed by atoms with Gasteiger partial charge in [0.05, 0.1) is 22.5 Å². The van der Waals surface area contributed by atoms with Crippen LogP contribution in [0.1, 0.15) is 11.3 Å². The molecule has 0 saturated carbocycles. The molecule has 9 nitrogen and oxygen atoms in total. The average Bonchev–Trinajstić information content (AvgIpc) is 3.44. The first-order valence-corrected chi connectivity index (χ1v) is 11.9. The third-order valence-electron chi connectivity index (χ3n) is 6.44. The highest BCUT2D eigenvalue weighted by molar-refractivity contribution is 5.89. The van der Waals surface area contributed by atoms with Crippen LogP contribution in [0.2, 0.25) is 0 Å². The van der Waals surface area contributed by atoms with E-state index < -0.39 is 0 Å². The maximum atomic E-state index is 13.7. The van der Waals surface area contributed by atoms with Gasteiger partial charge in [0.25, 0.3) is 5.56 Å². The molecule has 0 spiro atoms. The first-order valence-electron chi connectivity index (χ1n) is 11.9. The van der Waals surface area contributed by atoms with Crippen LogP contribution in [0.5, 0.6) is 0 Å². The summed E-state index contributed by atoms with van der Waals surface area (Å²) in [6.45, 7) is 2.68. The first-order chi connectivity index (χ1) is 17.9. The number of aryl methyl sites for hydroxylation is 1. The van der Waals surface area contributed by atoms with Crippen LogP contribution in [0.15, 0.2) is 82.4 Å². The maximum Gasteiger partial charge on any atom is 0.284 e. The molecule has 2 N–H and O–H groups in total. The number of nitrogens with zero attached hydrogens (tertiary/aromatic N) is 6. The number of benzene rings is 3. The van der Waals surface area contributed by atoms with Crippen molar-refractivity contribution in [3.63, 3.8) is 0 Å². The van der Waals surface area contributed by atoms with E-state index in [-0.39, 0.29) is 11.4 Å². The summed E-state index contributed by atoms with van der Waals surface area (Å²) in [7, 11) is 4.11. The van der Waals surface area contributed by atoms with E-state index in [9.17, 15) is 4.79 Å². The predicted molar refractivity (Wildman–Crippen MR) is 144 cm³/mol. The number of nitrogen functional groups attached to an aromatic ring is 1. The molecule has 0 unspecified atom stereocenters. The topological polar surface area (TPSA) is 108 Å². The molecule has 0 aliphatic rings. The zero-order valence-electron chi connectivity index (χ0n) is 20.7. The molecule has 6 rings (SSSR count). The molecule has 9 heteroatoms. The molecule has 37 heavy (non-hydrogen) atoms. The molecular formula is C28H25N7O2. The smallest absolute Gasteiger partial charge is 0.284 e. The van der Waals surface area contributed by atoms with Crippen LogP contribution in [-0.4, -0.2) is 43.5 Å². The van der Waals surface area contributed by atoms with Crippen molar-refractivity contribution < 1.29 is 4.52 Å². The number of nitrogens with two attached hydrogens (primary N) is 1. The zero-order chi connectivity index (χ0) is 25.7. The molecular weight excluding hydrogens is 466 g/mol. The lowest BCUT2D eigenvalue weighted by molar-refractivity contribution is 0.403. The number of aromatic nitrogens is 5.